The highest BCUT2D eigenvalue weighted by atomic mass is 32.1. The van der Waals surface area contributed by atoms with Crippen LogP contribution in [0.2, 0.25) is 0 Å². The van der Waals surface area contributed by atoms with E-state index in [-0.39, 0.29) is 0 Å². The molecule has 0 bridgehead atoms. The van der Waals surface area contributed by atoms with Crippen LogP contribution >= 0.6 is 11.3 Å². The molecule has 1 aromatic heterocycles. The third-order valence-electron chi connectivity index (χ3n) is 5.45. The first kappa shape index (κ1) is 18.2. The molecule has 5 nitrogen and oxygen atoms in total. The topological polar surface area (TPSA) is 57.6 Å². The summed E-state index contributed by atoms with van der Waals surface area (Å²) in [6.45, 7) is 4.98. The normalized spacial score (nSPS) is 21.1. The number of nitrogens with zero attached hydrogens (tertiary/aromatic N) is 2. The van der Waals surface area contributed by atoms with Gasteiger partial charge in [-0.15, -0.1) is 11.3 Å². The molecule has 1 saturated carbocycles. The van der Waals surface area contributed by atoms with Crippen molar-refractivity contribution >= 4 is 21.6 Å². The number of β-amino-alcohol motifs (C(OH)–C–C–N with tert-alkyl or cyclic N) is 1. The van der Waals surface area contributed by atoms with Gasteiger partial charge in [0.25, 0.3) is 0 Å². The summed E-state index contributed by atoms with van der Waals surface area (Å²) in [5.74, 6) is 1.45. The predicted molar refractivity (Wildman–Crippen MR) is 106 cm³/mol. The highest BCUT2D eigenvalue weighted by Crippen LogP contribution is 2.37. The van der Waals surface area contributed by atoms with Crippen LogP contribution in [0.5, 0.6) is 5.75 Å². The van der Waals surface area contributed by atoms with Gasteiger partial charge in [-0.3, -0.25) is 4.90 Å². The minimum Gasteiger partial charge on any atom is -0.491 e. The van der Waals surface area contributed by atoms with Crippen LogP contribution in [0.3, 0.4) is 0 Å². The van der Waals surface area contributed by atoms with Crippen LogP contribution in [0.25, 0.3) is 10.2 Å². The van der Waals surface area contributed by atoms with E-state index in [4.69, 9.17) is 9.72 Å². The van der Waals surface area contributed by atoms with E-state index < -0.39 is 6.10 Å². The van der Waals surface area contributed by atoms with Gasteiger partial charge in [-0.1, -0.05) is 19.3 Å². The molecular formula is C20H29N3O2S. The van der Waals surface area contributed by atoms with Gasteiger partial charge in [0, 0.05) is 44.7 Å². The highest BCUT2D eigenvalue weighted by molar-refractivity contribution is 7.18. The Hall–Kier alpha value is -1.21. The molecule has 26 heavy (non-hydrogen) atoms. The zero-order chi connectivity index (χ0) is 17.8. The molecule has 2 heterocycles. The number of aliphatic hydroxyl groups excluding tert-OH is 1. The molecule has 2 aromatic rings. The third kappa shape index (κ3) is 4.55. The van der Waals surface area contributed by atoms with Crippen molar-refractivity contribution in [2.75, 3.05) is 39.3 Å². The molecule has 1 aromatic carbocycles. The fraction of sp³-hybridized carbons (Fsp3) is 0.650. The Morgan fingerprint density at radius 3 is 2.85 bits per heavy atom. The summed E-state index contributed by atoms with van der Waals surface area (Å²) in [6.07, 6.45) is 6.13. The molecule has 2 aliphatic rings. The second kappa shape index (κ2) is 8.65. The Morgan fingerprint density at radius 1 is 1.23 bits per heavy atom. The summed E-state index contributed by atoms with van der Waals surface area (Å²) in [6, 6.07) is 6.13. The number of piperazine rings is 1. The van der Waals surface area contributed by atoms with Crippen LogP contribution in [0, 0.1) is 0 Å². The van der Waals surface area contributed by atoms with Crippen molar-refractivity contribution in [3.05, 3.63) is 23.2 Å². The number of hydrogen-bond donors (Lipinski definition) is 2. The van der Waals surface area contributed by atoms with Crippen molar-refractivity contribution in [1.29, 1.82) is 0 Å². The first-order valence-electron chi connectivity index (χ1n) is 9.92. The number of rotatable bonds is 6. The lowest BCUT2D eigenvalue weighted by Crippen LogP contribution is -2.47. The summed E-state index contributed by atoms with van der Waals surface area (Å²) >= 11 is 1.83. The third-order valence-corrected chi connectivity index (χ3v) is 6.65. The second-order valence-corrected chi connectivity index (χ2v) is 8.59. The Morgan fingerprint density at radius 2 is 2.04 bits per heavy atom. The molecule has 1 aliphatic carbocycles. The van der Waals surface area contributed by atoms with E-state index in [1.165, 1.54) is 41.8 Å². The van der Waals surface area contributed by atoms with Gasteiger partial charge in [0.15, 0.2) is 0 Å². The lowest BCUT2D eigenvalue weighted by atomic mass is 9.90. The quantitative estimate of drug-likeness (QED) is 0.813. The van der Waals surface area contributed by atoms with E-state index in [1.54, 1.807) is 0 Å². The van der Waals surface area contributed by atoms with Gasteiger partial charge in [-0.05, 0) is 25.0 Å². The minimum atomic E-state index is -0.461. The Labute approximate surface area is 159 Å². The van der Waals surface area contributed by atoms with Gasteiger partial charge in [-0.25, -0.2) is 4.98 Å². The lowest BCUT2D eigenvalue weighted by Gasteiger charge is -2.28. The van der Waals surface area contributed by atoms with Crippen LogP contribution < -0.4 is 10.1 Å². The number of nitrogens with one attached hydrogen (secondary N) is 1. The molecule has 4 rings (SSSR count). The van der Waals surface area contributed by atoms with Crippen molar-refractivity contribution < 1.29 is 9.84 Å². The van der Waals surface area contributed by atoms with Gasteiger partial charge in [0.05, 0.1) is 15.2 Å². The van der Waals surface area contributed by atoms with Crippen molar-refractivity contribution in [2.45, 2.75) is 44.1 Å². The van der Waals surface area contributed by atoms with Crippen molar-refractivity contribution in [3.8, 4) is 5.75 Å². The Bertz CT molecular complexity index is 708. The van der Waals surface area contributed by atoms with E-state index in [2.05, 4.69) is 16.3 Å². The fourth-order valence-electron chi connectivity index (χ4n) is 3.98. The maximum atomic E-state index is 10.2. The number of thiazole rings is 1. The van der Waals surface area contributed by atoms with E-state index in [0.717, 1.165) is 37.4 Å². The smallest absolute Gasteiger partial charge is 0.121 e. The van der Waals surface area contributed by atoms with E-state index in [0.29, 0.717) is 19.1 Å². The largest absolute Gasteiger partial charge is 0.491 e. The molecule has 0 spiro atoms. The Kier molecular flexibility index (Phi) is 6.05. The van der Waals surface area contributed by atoms with Gasteiger partial charge in [0.2, 0.25) is 0 Å². The summed E-state index contributed by atoms with van der Waals surface area (Å²) in [7, 11) is 0. The second-order valence-electron chi connectivity index (χ2n) is 7.53. The molecule has 1 atom stereocenters. The van der Waals surface area contributed by atoms with E-state index in [1.807, 2.05) is 23.5 Å². The van der Waals surface area contributed by atoms with Gasteiger partial charge >= 0.3 is 0 Å². The molecule has 2 N–H and O–H groups in total. The highest BCUT2D eigenvalue weighted by Gasteiger charge is 2.19. The summed E-state index contributed by atoms with van der Waals surface area (Å²) < 4.78 is 7.08. The molecule has 142 valence electrons. The molecule has 1 aliphatic heterocycles. The number of aromatic nitrogens is 1. The number of fused-ring (bicyclic) bond motifs is 1. The van der Waals surface area contributed by atoms with Gasteiger partial charge in [-0.2, -0.15) is 0 Å². The van der Waals surface area contributed by atoms with E-state index in [9.17, 15) is 5.11 Å². The monoisotopic (exact) mass is 375 g/mol. The average molecular weight is 376 g/mol. The standard InChI is InChI=1S/C20H29N3O2S/c24-16(13-23-10-8-21-9-11-23)14-25-17-6-7-19-18(12-17)22-20(26-19)15-4-2-1-3-5-15/h6-7,12,15-16,21,24H,1-5,8-11,13-14H2. The zero-order valence-corrected chi connectivity index (χ0v) is 16.1. The summed E-state index contributed by atoms with van der Waals surface area (Å²) in [4.78, 5) is 7.16. The Balaban J connectivity index is 1.34. The van der Waals surface area contributed by atoms with Crippen LogP contribution in [-0.4, -0.2) is 60.4 Å². The molecule has 0 amide bonds. The first-order chi connectivity index (χ1) is 12.8. The van der Waals surface area contributed by atoms with Gasteiger partial charge in [0.1, 0.15) is 18.5 Å². The number of hydrogen-bond acceptors (Lipinski definition) is 6. The van der Waals surface area contributed by atoms with Crippen LogP contribution in [0.15, 0.2) is 18.2 Å². The molecule has 6 heteroatoms. The first-order valence-corrected chi connectivity index (χ1v) is 10.7. The minimum absolute atomic E-state index is 0.328. The molecular weight excluding hydrogens is 346 g/mol. The zero-order valence-electron chi connectivity index (χ0n) is 15.3. The van der Waals surface area contributed by atoms with Crippen molar-refractivity contribution in [2.24, 2.45) is 0 Å². The van der Waals surface area contributed by atoms with Crippen molar-refractivity contribution in [1.82, 2.24) is 15.2 Å². The molecule has 1 saturated heterocycles. The number of benzene rings is 1. The van der Waals surface area contributed by atoms with Gasteiger partial charge < -0.3 is 15.2 Å². The molecule has 0 radical (unpaired) electrons. The number of aliphatic hydroxyl groups is 1. The SMILES string of the molecule is OC(COc1ccc2sc(C3CCCCC3)nc2c1)CN1CCNCC1. The average Bonchev–Trinajstić information content (AvgIpc) is 3.11. The maximum absolute atomic E-state index is 10.2. The molecule has 2 fully saturated rings. The molecule has 1 unspecified atom stereocenters. The van der Waals surface area contributed by atoms with Crippen LogP contribution in [0.4, 0.5) is 0 Å². The predicted octanol–water partition coefficient (Wildman–Crippen LogP) is 2.99. The number of ether oxygens (including phenoxy) is 1. The maximum Gasteiger partial charge on any atom is 0.121 e. The van der Waals surface area contributed by atoms with Crippen LogP contribution in [-0.2, 0) is 0 Å². The van der Waals surface area contributed by atoms with Crippen molar-refractivity contribution in [3.63, 3.8) is 0 Å². The summed E-state index contributed by atoms with van der Waals surface area (Å²) in [5, 5.41) is 14.9. The summed E-state index contributed by atoms with van der Waals surface area (Å²) in [5.41, 5.74) is 1.03. The fourth-order valence-corrected chi connectivity index (χ4v) is 5.09. The van der Waals surface area contributed by atoms with E-state index >= 15 is 0 Å². The van der Waals surface area contributed by atoms with Crippen LogP contribution in [0.1, 0.15) is 43.0 Å². The lowest BCUT2D eigenvalue weighted by molar-refractivity contribution is 0.0642.